The lowest BCUT2D eigenvalue weighted by Crippen LogP contribution is -2.28. The van der Waals surface area contributed by atoms with E-state index < -0.39 is 5.97 Å². The molecule has 130 valence electrons. The van der Waals surface area contributed by atoms with Gasteiger partial charge in [-0.05, 0) is 38.0 Å². The fourth-order valence-electron chi connectivity index (χ4n) is 2.58. The number of rotatable bonds is 8. The Morgan fingerprint density at radius 2 is 1.65 bits per heavy atom. The zero-order valence-corrected chi connectivity index (χ0v) is 13.9. The largest absolute Gasteiger partial charge is 0.469 e. The minimum Gasteiger partial charge on any atom is -0.469 e. The Hall–Kier alpha value is -1.85. The summed E-state index contributed by atoms with van der Waals surface area (Å²) < 4.78 is 15.0. The Labute approximate surface area is 137 Å². The molecule has 0 radical (unpaired) electrons. The van der Waals surface area contributed by atoms with Gasteiger partial charge < -0.3 is 14.2 Å². The summed E-state index contributed by atoms with van der Waals surface area (Å²) in [5.74, 6) is -0.966. The summed E-state index contributed by atoms with van der Waals surface area (Å²) in [5.41, 5.74) is 0. The van der Waals surface area contributed by atoms with Crippen molar-refractivity contribution in [2.45, 2.75) is 39.0 Å². The SMILES string of the molecule is C=CC(=O)OCC[C@@H](C)COC(=O)C1CCC(C(=O)OC)CC1. The third-order valence-electron chi connectivity index (χ3n) is 4.13. The van der Waals surface area contributed by atoms with Crippen molar-refractivity contribution in [2.75, 3.05) is 20.3 Å². The van der Waals surface area contributed by atoms with E-state index in [9.17, 15) is 14.4 Å². The topological polar surface area (TPSA) is 78.9 Å². The first-order chi connectivity index (χ1) is 11.0. The van der Waals surface area contributed by atoms with E-state index >= 15 is 0 Å². The van der Waals surface area contributed by atoms with E-state index in [1.54, 1.807) is 0 Å². The Balaban J connectivity index is 2.20. The highest BCUT2D eigenvalue weighted by Gasteiger charge is 2.31. The number of ether oxygens (including phenoxy) is 3. The molecular weight excluding hydrogens is 300 g/mol. The van der Waals surface area contributed by atoms with Crippen LogP contribution in [0.15, 0.2) is 12.7 Å². The standard InChI is InChI=1S/C17H26O6/c1-4-15(18)22-10-9-12(2)11-23-17(20)14-7-5-13(6-8-14)16(19)21-3/h4,12-14H,1,5-11H2,2-3H3/t12-,13?,14?/m1/s1. The number of hydrogen-bond donors (Lipinski definition) is 0. The van der Waals surface area contributed by atoms with Gasteiger partial charge in [-0.2, -0.15) is 0 Å². The van der Waals surface area contributed by atoms with Crippen LogP contribution >= 0.6 is 0 Å². The minimum atomic E-state index is -0.448. The smallest absolute Gasteiger partial charge is 0.330 e. The number of hydrogen-bond acceptors (Lipinski definition) is 6. The molecule has 0 aromatic heterocycles. The van der Waals surface area contributed by atoms with Crippen molar-refractivity contribution in [3.63, 3.8) is 0 Å². The van der Waals surface area contributed by atoms with Gasteiger partial charge in [-0.3, -0.25) is 9.59 Å². The van der Waals surface area contributed by atoms with Crippen LogP contribution in [0.25, 0.3) is 0 Å². The molecule has 1 atom stereocenters. The summed E-state index contributed by atoms with van der Waals surface area (Å²) in [6.45, 7) is 5.84. The van der Waals surface area contributed by atoms with Crippen LogP contribution in [0, 0.1) is 17.8 Å². The van der Waals surface area contributed by atoms with Crippen LogP contribution in [0.4, 0.5) is 0 Å². The summed E-state index contributed by atoms with van der Waals surface area (Å²) >= 11 is 0. The Morgan fingerprint density at radius 3 is 2.17 bits per heavy atom. The highest BCUT2D eigenvalue weighted by Crippen LogP contribution is 2.30. The fourth-order valence-corrected chi connectivity index (χ4v) is 2.58. The maximum atomic E-state index is 12.0. The van der Waals surface area contributed by atoms with Gasteiger partial charge in [-0.15, -0.1) is 0 Å². The zero-order chi connectivity index (χ0) is 17.2. The number of carbonyl (C=O) groups excluding carboxylic acids is 3. The molecule has 0 aliphatic heterocycles. The molecule has 0 N–H and O–H groups in total. The van der Waals surface area contributed by atoms with Crippen molar-refractivity contribution in [3.05, 3.63) is 12.7 Å². The molecule has 1 rings (SSSR count). The maximum Gasteiger partial charge on any atom is 0.330 e. The summed E-state index contributed by atoms with van der Waals surface area (Å²) in [6, 6.07) is 0. The molecule has 1 aliphatic rings. The summed E-state index contributed by atoms with van der Waals surface area (Å²) in [7, 11) is 1.39. The molecule has 1 aliphatic carbocycles. The van der Waals surface area contributed by atoms with Crippen molar-refractivity contribution in [1.29, 1.82) is 0 Å². The molecule has 6 heteroatoms. The lowest BCUT2D eigenvalue weighted by atomic mass is 9.82. The van der Waals surface area contributed by atoms with E-state index in [-0.39, 0.29) is 36.3 Å². The molecule has 0 aromatic rings. The van der Waals surface area contributed by atoms with Crippen molar-refractivity contribution in [2.24, 2.45) is 17.8 Å². The van der Waals surface area contributed by atoms with E-state index in [0.29, 0.717) is 38.7 Å². The molecular formula is C17H26O6. The van der Waals surface area contributed by atoms with Gasteiger partial charge in [-0.25, -0.2) is 4.79 Å². The van der Waals surface area contributed by atoms with Crippen LogP contribution in [0.1, 0.15) is 39.0 Å². The fraction of sp³-hybridized carbons (Fsp3) is 0.706. The van der Waals surface area contributed by atoms with Crippen molar-refractivity contribution < 1.29 is 28.6 Å². The highest BCUT2D eigenvalue weighted by atomic mass is 16.5. The second kappa shape index (κ2) is 10.0. The Kier molecular flexibility index (Phi) is 8.37. The van der Waals surface area contributed by atoms with Gasteiger partial charge in [0.25, 0.3) is 0 Å². The van der Waals surface area contributed by atoms with Crippen molar-refractivity contribution in [1.82, 2.24) is 0 Å². The van der Waals surface area contributed by atoms with Crippen molar-refractivity contribution >= 4 is 17.9 Å². The Morgan fingerprint density at radius 1 is 1.09 bits per heavy atom. The summed E-state index contributed by atoms with van der Waals surface area (Å²) in [5, 5.41) is 0. The van der Waals surface area contributed by atoms with Crippen LogP contribution in [0.3, 0.4) is 0 Å². The van der Waals surface area contributed by atoms with Gasteiger partial charge in [0.05, 0.1) is 32.2 Å². The Bertz CT molecular complexity index is 423. The molecule has 0 amide bonds. The van der Waals surface area contributed by atoms with Gasteiger partial charge >= 0.3 is 17.9 Å². The monoisotopic (exact) mass is 326 g/mol. The molecule has 1 fully saturated rings. The molecule has 6 nitrogen and oxygen atoms in total. The van der Waals surface area contributed by atoms with E-state index in [1.165, 1.54) is 7.11 Å². The molecule has 0 heterocycles. The molecule has 0 bridgehead atoms. The minimum absolute atomic E-state index is 0.0949. The lowest BCUT2D eigenvalue weighted by Gasteiger charge is -2.25. The second-order valence-electron chi connectivity index (χ2n) is 5.97. The van der Waals surface area contributed by atoms with Gasteiger partial charge in [0.15, 0.2) is 0 Å². The summed E-state index contributed by atoms with van der Waals surface area (Å²) in [6.07, 6.45) is 4.39. The van der Waals surface area contributed by atoms with Crippen LogP contribution in [0.5, 0.6) is 0 Å². The third kappa shape index (κ3) is 6.84. The van der Waals surface area contributed by atoms with E-state index in [1.807, 2.05) is 6.92 Å². The molecule has 0 saturated heterocycles. The van der Waals surface area contributed by atoms with Gasteiger partial charge in [0.2, 0.25) is 0 Å². The predicted molar refractivity (Wildman–Crippen MR) is 83.4 cm³/mol. The predicted octanol–water partition coefficient (Wildman–Crippen LogP) is 2.26. The average molecular weight is 326 g/mol. The molecule has 23 heavy (non-hydrogen) atoms. The molecule has 0 spiro atoms. The van der Waals surface area contributed by atoms with Gasteiger partial charge in [-0.1, -0.05) is 13.5 Å². The normalized spacial score (nSPS) is 21.8. The lowest BCUT2D eigenvalue weighted by molar-refractivity contribution is -0.154. The van der Waals surface area contributed by atoms with E-state index in [0.717, 1.165) is 6.08 Å². The van der Waals surface area contributed by atoms with E-state index in [2.05, 4.69) is 6.58 Å². The number of methoxy groups -OCH3 is 1. The summed E-state index contributed by atoms with van der Waals surface area (Å²) in [4.78, 5) is 34.4. The third-order valence-corrected chi connectivity index (χ3v) is 4.13. The molecule has 1 saturated carbocycles. The maximum absolute atomic E-state index is 12.0. The van der Waals surface area contributed by atoms with Gasteiger partial charge in [0, 0.05) is 6.08 Å². The zero-order valence-electron chi connectivity index (χ0n) is 13.9. The van der Waals surface area contributed by atoms with Crippen LogP contribution < -0.4 is 0 Å². The first kappa shape index (κ1) is 19.2. The van der Waals surface area contributed by atoms with Crippen LogP contribution in [-0.2, 0) is 28.6 Å². The quantitative estimate of drug-likeness (QED) is 0.387. The molecule has 0 aromatic carbocycles. The second-order valence-corrected chi connectivity index (χ2v) is 5.97. The van der Waals surface area contributed by atoms with Crippen molar-refractivity contribution in [3.8, 4) is 0 Å². The van der Waals surface area contributed by atoms with Crippen LogP contribution in [-0.4, -0.2) is 38.2 Å². The van der Waals surface area contributed by atoms with Crippen LogP contribution in [0.2, 0.25) is 0 Å². The average Bonchev–Trinajstić information content (AvgIpc) is 2.58. The highest BCUT2D eigenvalue weighted by molar-refractivity contribution is 5.81. The van der Waals surface area contributed by atoms with Gasteiger partial charge in [0.1, 0.15) is 0 Å². The van der Waals surface area contributed by atoms with E-state index in [4.69, 9.17) is 14.2 Å². The molecule has 0 unspecified atom stereocenters. The number of carbonyl (C=O) groups is 3. The first-order valence-electron chi connectivity index (χ1n) is 8.01. The first-order valence-corrected chi connectivity index (χ1v) is 8.01. The number of esters is 3.